The number of nitriles is 1. The van der Waals surface area contributed by atoms with Crippen molar-refractivity contribution in [2.24, 2.45) is 5.92 Å². The molecular formula is C67H74N3O5S3+. The van der Waals surface area contributed by atoms with Crippen LogP contribution < -0.4 is 9.64 Å². The molecule has 0 spiro atoms. The predicted octanol–water partition coefficient (Wildman–Crippen LogP) is 18.8. The number of anilines is 2. The lowest BCUT2D eigenvalue weighted by molar-refractivity contribution is -0.438. The zero-order valence-corrected chi connectivity index (χ0v) is 48.7. The average Bonchev–Trinajstić information content (AvgIpc) is 4.37. The fourth-order valence-corrected chi connectivity index (χ4v) is 14.2. The lowest BCUT2D eigenvalue weighted by atomic mass is 9.78. The number of ether oxygens (including phenoxy) is 1. The standard InChI is InChI=1S/C67H73N3O5S3/c1-7-11-14-16-17-19-36-70-54-29-24-47(57-32-28-51(76-57)37-49(42-68)66(73)74)38-53(54)67(5,6)62(70)41-52-64(71)63(65(52)72)59-34-33-58(77-59)48-25-31-56-61(40-48)78-60-39-46(23-30-55(60)69(56)35-18-15-12-8-2)45-21-26-50(27-22-45)75-43-44(10-4)20-13-9-3/h21-34,37-41,44H,7-20,35-36,43H2,1-6H3,(H-,71,72,73,74)/p+1/b49-37-. The van der Waals surface area contributed by atoms with Crippen LogP contribution in [0.5, 0.6) is 5.75 Å². The number of ketones is 1. The molecule has 0 amide bonds. The number of carboxylic acids is 1. The average molecular weight is 1100 g/mol. The van der Waals surface area contributed by atoms with Gasteiger partial charge in [0.15, 0.2) is 5.71 Å². The van der Waals surface area contributed by atoms with Crippen LogP contribution in [0.4, 0.5) is 17.1 Å². The molecule has 0 bridgehead atoms. The van der Waals surface area contributed by atoms with E-state index in [1.807, 2.05) is 36.0 Å². The van der Waals surface area contributed by atoms with Gasteiger partial charge < -0.3 is 19.8 Å². The number of thiophene rings is 2. The maximum absolute atomic E-state index is 14.4. The summed E-state index contributed by atoms with van der Waals surface area (Å²) in [6, 6.07) is 38.3. The molecule has 6 aromatic rings. The third-order valence-corrected chi connectivity index (χ3v) is 19.1. The van der Waals surface area contributed by atoms with Crippen molar-refractivity contribution in [3.8, 4) is 43.8 Å². The third-order valence-electron chi connectivity index (χ3n) is 15.7. The highest BCUT2D eigenvalue weighted by molar-refractivity contribution is 7.99. The first kappa shape index (κ1) is 56.3. The Kier molecular flexibility index (Phi) is 18.4. The molecule has 2 N–H and O–H groups in total. The van der Waals surface area contributed by atoms with E-state index in [-0.39, 0.29) is 17.1 Å². The van der Waals surface area contributed by atoms with E-state index >= 15 is 0 Å². The third kappa shape index (κ3) is 12.2. The van der Waals surface area contributed by atoms with E-state index in [1.165, 1.54) is 108 Å². The van der Waals surface area contributed by atoms with Crippen LogP contribution in [0.2, 0.25) is 0 Å². The second kappa shape index (κ2) is 25.6. The monoisotopic (exact) mass is 1100 g/mol. The smallest absolute Gasteiger partial charge is 0.346 e. The Morgan fingerprint density at radius 1 is 0.731 bits per heavy atom. The number of carbonyl (C=O) groups excluding carboxylic acids is 1. The topological polar surface area (TPSA) is 114 Å². The second-order valence-electron chi connectivity index (χ2n) is 21.5. The summed E-state index contributed by atoms with van der Waals surface area (Å²) in [6.45, 7) is 15.8. The molecule has 0 saturated heterocycles. The molecule has 2 aliphatic heterocycles. The summed E-state index contributed by atoms with van der Waals surface area (Å²) in [7, 11) is 0. The lowest BCUT2D eigenvalue weighted by Gasteiger charge is -2.33. The van der Waals surface area contributed by atoms with Gasteiger partial charge in [-0.3, -0.25) is 4.79 Å². The van der Waals surface area contributed by atoms with Crippen LogP contribution in [0.15, 0.2) is 136 Å². The number of hydrogen-bond donors (Lipinski definition) is 2. The highest BCUT2D eigenvalue weighted by atomic mass is 32.2. The SMILES string of the molecule is CCCCCCCC[N+]1=C(/C=C2/C(=O)C(c3ccc(-c4ccc5c(c4)Sc4cc(-c6ccc(OCC(CC)CCCC)cc6)ccc4N5CCCCCC)s3)=C2O)C(C)(C)c2cc(-c3ccc(/C=C(/C#N)C(=O)O)s3)ccc21. The Morgan fingerprint density at radius 2 is 1.35 bits per heavy atom. The summed E-state index contributed by atoms with van der Waals surface area (Å²) in [5.74, 6) is 0.134. The number of aliphatic hydroxyl groups excluding tert-OH is 1. The molecular weight excluding hydrogens is 1020 g/mol. The van der Waals surface area contributed by atoms with Crippen LogP contribution in [0.3, 0.4) is 0 Å². The van der Waals surface area contributed by atoms with Crippen molar-refractivity contribution in [1.82, 2.24) is 0 Å². The first-order valence-electron chi connectivity index (χ1n) is 28.4. The summed E-state index contributed by atoms with van der Waals surface area (Å²) in [4.78, 5) is 34.3. The number of rotatable bonds is 26. The molecule has 78 heavy (non-hydrogen) atoms. The normalized spacial score (nSPS) is 15.6. The summed E-state index contributed by atoms with van der Waals surface area (Å²) in [6.07, 6.45) is 19.8. The van der Waals surface area contributed by atoms with Crippen molar-refractivity contribution in [1.29, 1.82) is 5.26 Å². The van der Waals surface area contributed by atoms with Gasteiger partial charge in [-0.1, -0.05) is 128 Å². The summed E-state index contributed by atoms with van der Waals surface area (Å²) in [5, 5.41) is 30.7. The van der Waals surface area contributed by atoms with E-state index < -0.39 is 11.4 Å². The minimum Gasteiger partial charge on any atom is -0.506 e. The van der Waals surface area contributed by atoms with E-state index in [0.29, 0.717) is 21.9 Å². The molecule has 4 heterocycles. The number of nitrogens with zero attached hydrogens (tertiary/aromatic N) is 3. The van der Waals surface area contributed by atoms with Gasteiger partial charge in [-0.2, -0.15) is 9.84 Å². The molecule has 1 aliphatic carbocycles. The first-order valence-corrected chi connectivity index (χ1v) is 30.8. The Labute approximate surface area is 474 Å². The number of allylic oxidation sites excluding steroid dienone is 3. The van der Waals surface area contributed by atoms with Crippen molar-refractivity contribution in [2.45, 2.75) is 147 Å². The predicted molar refractivity (Wildman–Crippen MR) is 326 cm³/mol. The van der Waals surface area contributed by atoms with E-state index in [4.69, 9.17) is 4.74 Å². The summed E-state index contributed by atoms with van der Waals surface area (Å²) >= 11 is 4.80. The van der Waals surface area contributed by atoms with Crippen molar-refractivity contribution in [3.63, 3.8) is 0 Å². The number of carbonyl (C=O) groups is 2. The minimum absolute atomic E-state index is 0.0342. The molecule has 0 fully saturated rings. The number of aliphatic hydroxyl groups is 1. The summed E-state index contributed by atoms with van der Waals surface area (Å²) in [5.41, 5.74) is 9.92. The largest absolute Gasteiger partial charge is 0.506 e. The quantitative estimate of drug-likeness (QED) is 0.0239. The first-order chi connectivity index (χ1) is 37.9. The van der Waals surface area contributed by atoms with Crippen molar-refractivity contribution in [2.75, 3.05) is 24.6 Å². The van der Waals surface area contributed by atoms with E-state index in [9.17, 15) is 25.1 Å². The maximum Gasteiger partial charge on any atom is 0.346 e. The number of aliphatic carboxylic acids is 1. The van der Waals surface area contributed by atoms with Gasteiger partial charge in [0, 0.05) is 60.0 Å². The lowest BCUT2D eigenvalue weighted by Crippen LogP contribution is -2.31. The van der Waals surface area contributed by atoms with Crippen molar-refractivity contribution in [3.05, 3.63) is 141 Å². The van der Waals surface area contributed by atoms with Gasteiger partial charge in [0.1, 0.15) is 29.7 Å². The molecule has 9 rings (SSSR count). The van der Waals surface area contributed by atoms with Crippen LogP contribution in [-0.2, 0) is 15.0 Å². The molecule has 4 aromatic carbocycles. The van der Waals surface area contributed by atoms with Gasteiger partial charge in [0.05, 0.1) is 34.5 Å². The van der Waals surface area contributed by atoms with E-state index in [0.717, 1.165) is 99.4 Å². The van der Waals surface area contributed by atoms with Crippen LogP contribution in [0, 0.1) is 17.2 Å². The van der Waals surface area contributed by atoms with Crippen molar-refractivity contribution >= 4 is 80.6 Å². The number of unbranched alkanes of at least 4 members (excludes halogenated alkanes) is 9. The van der Waals surface area contributed by atoms with Gasteiger partial charge >= 0.3 is 5.97 Å². The van der Waals surface area contributed by atoms with Crippen molar-refractivity contribution < 1.29 is 29.1 Å². The highest BCUT2D eigenvalue weighted by Crippen LogP contribution is 2.52. The van der Waals surface area contributed by atoms with Gasteiger partial charge in [-0.15, -0.1) is 22.7 Å². The summed E-state index contributed by atoms with van der Waals surface area (Å²) < 4.78 is 8.60. The number of fused-ring (bicyclic) bond motifs is 3. The maximum atomic E-state index is 14.4. The minimum atomic E-state index is -1.25. The van der Waals surface area contributed by atoms with E-state index in [1.54, 1.807) is 17.4 Å². The Hall–Kier alpha value is -6.45. The number of benzene rings is 4. The Balaban J connectivity index is 0.967. The highest BCUT2D eigenvalue weighted by Gasteiger charge is 2.47. The number of carboxylic acid groups (broad SMARTS) is 1. The molecule has 1 atom stereocenters. The van der Waals surface area contributed by atoms with E-state index in [2.05, 4.69) is 136 Å². The molecule has 0 radical (unpaired) electrons. The Morgan fingerprint density at radius 3 is 2.04 bits per heavy atom. The van der Waals surface area contributed by atoms with Crippen LogP contribution in [0.1, 0.15) is 147 Å². The molecule has 3 aliphatic rings. The molecule has 8 nitrogen and oxygen atoms in total. The fraction of sp³-hybridized carbons (Fsp3) is 0.373. The molecule has 2 aromatic heterocycles. The second-order valence-corrected chi connectivity index (χ2v) is 24.8. The van der Waals surface area contributed by atoms with Gasteiger partial charge in [-0.25, -0.2) is 4.79 Å². The Bertz CT molecular complexity index is 3350. The molecule has 11 heteroatoms. The molecule has 0 saturated carbocycles. The van der Waals surface area contributed by atoms with Gasteiger partial charge in [0.25, 0.3) is 0 Å². The fourth-order valence-electron chi connectivity index (χ4n) is 11.0. The molecule has 404 valence electrons. The number of hydrogen-bond acceptors (Lipinski definition) is 9. The zero-order chi connectivity index (χ0) is 54.9. The zero-order valence-electron chi connectivity index (χ0n) is 46.3. The van der Waals surface area contributed by atoms with Gasteiger partial charge in [0.2, 0.25) is 11.5 Å². The van der Waals surface area contributed by atoms with Crippen LogP contribution >= 0.6 is 34.4 Å². The molecule has 1 unspecified atom stereocenters. The number of Topliss-reactive ketones (excluding diaryl/α,β-unsaturated/α-hetero) is 1. The van der Waals surface area contributed by atoms with Crippen LogP contribution in [-0.4, -0.2) is 51.9 Å². The van der Waals surface area contributed by atoms with Gasteiger partial charge in [-0.05, 0) is 140 Å². The van der Waals surface area contributed by atoms with Crippen LogP contribution in [0.25, 0.3) is 43.7 Å².